The Hall–Kier alpha value is -2.95. The van der Waals surface area contributed by atoms with Crippen LogP contribution in [0.4, 0.5) is 0 Å². The van der Waals surface area contributed by atoms with Crippen LogP contribution < -0.4 is 4.74 Å². The van der Waals surface area contributed by atoms with Crippen molar-refractivity contribution in [1.82, 2.24) is 15.0 Å². The SMILES string of the molecule is C=CC(=O)Oc1cc(C(C)(C)CC(C)(C)C)cc(-n2nc3ccccc3n2)c1C. The molecule has 3 rings (SSSR count). The van der Waals surface area contributed by atoms with Gasteiger partial charge in [-0.25, -0.2) is 4.79 Å². The van der Waals surface area contributed by atoms with Crippen LogP contribution in [0.3, 0.4) is 0 Å². The highest BCUT2D eigenvalue weighted by Crippen LogP contribution is 2.39. The lowest BCUT2D eigenvalue weighted by Crippen LogP contribution is -2.25. The Kier molecular flexibility index (Phi) is 5.35. The lowest BCUT2D eigenvalue weighted by molar-refractivity contribution is -0.129. The van der Waals surface area contributed by atoms with Crippen molar-refractivity contribution in [1.29, 1.82) is 0 Å². The number of hydrogen-bond acceptors (Lipinski definition) is 4. The van der Waals surface area contributed by atoms with Crippen LogP contribution in [0.25, 0.3) is 16.7 Å². The van der Waals surface area contributed by atoms with Crippen LogP contribution >= 0.6 is 0 Å². The smallest absolute Gasteiger partial charge is 0.335 e. The third-order valence-corrected chi connectivity index (χ3v) is 4.97. The van der Waals surface area contributed by atoms with E-state index in [1.807, 2.05) is 37.3 Å². The minimum Gasteiger partial charge on any atom is -0.423 e. The summed E-state index contributed by atoms with van der Waals surface area (Å²) in [5.41, 5.74) is 4.31. The van der Waals surface area contributed by atoms with Gasteiger partial charge in [-0.3, -0.25) is 0 Å². The molecule has 0 aliphatic rings. The number of carbonyl (C=O) groups is 1. The summed E-state index contributed by atoms with van der Waals surface area (Å²) in [5, 5.41) is 9.25. The molecule has 0 amide bonds. The summed E-state index contributed by atoms with van der Waals surface area (Å²) in [6, 6.07) is 11.8. The fraction of sp³-hybridized carbons (Fsp3) is 0.375. The third-order valence-electron chi connectivity index (χ3n) is 4.97. The van der Waals surface area contributed by atoms with E-state index in [2.05, 4.69) is 57.5 Å². The van der Waals surface area contributed by atoms with Gasteiger partial charge in [-0.2, -0.15) is 0 Å². The predicted octanol–water partition coefficient (Wildman–Crippen LogP) is 5.53. The molecule has 1 heterocycles. The van der Waals surface area contributed by atoms with Gasteiger partial charge < -0.3 is 4.74 Å². The molecule has 0 saturated heterocycles. The molecule has 0 radical (unpaired) electrons. The molecule has 0 saturated carbocycles. The van der Waals surface area contributed by atoms with Crippen molar-refractivity contribution in [3.05, 3.63) is 60.2 Å². The van der Waals surface area contributed by atoms with E-state index in [1.165, 1.54) is 6.08 Å². The number of nitrogens with zero attached hydrogens (tertiary/aromatic N) is 3. The second-order valence-electron chi connectivity index (χ2n) is 9.34. The number of aromatic nitrogens is 3. The van der Waals surface area contributed by atoms with E-state index in [0.717, 1.165) is 34.3 Å². The van der Waals surface area contributed by atoms with E-state index >= 15 is 0 Å². The second-order valence-corrected chi connectivity index (χ2v) is 9.34. The Morgan fingerprint density at radius 1 is 1.10 bits per heavy atom. The summed E-state index contributed by atoms with van der Waals surface area (Å²) < 4.78 is 5.57. The molecule has 2 aromatic carbocycles. The zero-order valence-corrected chi connectivity index (χ0v) is 18.1. The number of benzene rings is 2. The van der Waals surface area contributed by atoms with Crippen molar-refractivity contribution in [2.45, 2.75) is 53.4 Å². The average Bonchev–Trinajstić information content (AvgIpc) is 3.04. The fourth-order valence-electron chi connectivity index (χ4n) is 3.92. The first kappa shape index (κ1) is 20.8. The number of carbonyl (C=O) groups excluding carboxylic acids is 1. The van der Waals surface area contributed by atoms with Gasteiger partial charge in [0.15, 0.2) is 0 Å². The van der Waals surface area contributed by atoms with E-state index < -0.39 is 5.97 Å². The summed E-state index contributed by atoms with van der Waals surface area (Å²) >= 11 is 0. The summed E-state index contributed by atoms with van der Waals surface area (Å²) in [6.45, 7) is 16.5. The Morgan fingerprint density at radius 2 is 1.69 bits per heavy atom. The average molecular weight is 392 g/mol. The van der Waals surface area contributed by atoms with Crippen molar-refractivity contribution < 1.29 is 9.53 Å². The van der Waals surface area contributed by atoms with Crippen LogP contribution in [-0.2, 0) is 10.2 Å². The first-order valence-electron chi connectivity index (χ1n) is 9.82. The number of fused-ring (bicyclic) bond motifs is 1. The van der Waals surface area contributed by atoms with E-state index in [-0.39, 0.29) is 10.8 Å². The molecule has 0 spiro atoms. The molecule has 29 heavy (non-hydrogen) atoms. The van der Waals surface area contributed by atoms with E-state index in [1.54, 1.807) is 4.80 Å². The van der Waals surface area contributed by atoms with Crippen molar-refractivity contribution in [2.75, 3.05) is 0 Å². The highest BCUT2D eigenvalue weighted by molar-refractivity contribution is 5.84. The molecule has 0 N–H and O–H groups in total. The first-order valence-corrected chi connectivity index (χ1v) is 9.82. The Bertz CT molecular complexity index is 1040. The van der Waals surface area contributed by atoms with Crippen LogP contribution in [0.15, 0.2) is 49.1 Å². The highest BCUT2D eigenvalue weighted by Gasteiger charge is 2.29. The van der Waals surface area contributed by atoms with Crippen molar-refractivity contribution >= 4 is 17.0 Å². The topological polar surface area (TPSA) is 57.0 Å². The van der Waals surface area contributed by atoms with Crippen molar-refractivity contribution in [3.63, 3.8) is 0 Å². The van der Waals surface area contributed by atoms with Crippen LogP contribution in [0.1, 0.15) is 52.2 Å². The molecule has 0 aliphatic heterocycles. The number of rotatable bonds is 5. The lowest BCUT2D eigenvalue weighted by atomic mass is 9.72. The molecule has 0 bridgehead atoms. The molecule has 1 aromatic heterocycles. The lowest BCUT2D eigenvalue weighted by Gasteiger charge is -2.33. The van der Waals surface area contributed by atoms with Gasteiger partial charge in [0, 0.05) is 11.6 Å². The maximum atomic E-state index is 11.9. The molecule has 5 heteroatoms. The second kappa shape index (κ2) is 7.47. The molecule has 0 fully saturated rings. The van der Waals surface area contributed by atoms with Crippen LogP contribution in [0.5, 0.6) is 5.75 Å². The fourth-order valence-corrected chi connectivity index (χ4v) is 3.92. The van der Waals surface area contributed by atoms with Crippen LogP contribution in [0.2, 0.25) is 0 Å². The monoisotopic (exact) mass is 391 g/mol. The zero-order valence-electron chi connectivity index (χ0n) is 18.1. The molecule has 0 atom stereocenters. The van der Waals surface area contributed by atoms with E-state index in [4.69, 9.17) is 4.74 Å². The van der Waals surface area contributed by atoms with Gasteiger partial charge in [0.1, 0.15) is 16.8 Å². The highest BCUT2D eigenvalue weighted by atomic mass is 16.5. The normalized spacial score (nSPS) is 12.2. The minimum absolute atomic E-state index is 0.136. The van der Waals surface area contributed by atoms with Gasteiger partial charge in [-0.15, -0.1) is 15.0 Å². The van der Waals surface area contributed by atoms with E-state index in [9.17, 15) is 4.79 Å². The Labute approximate surface area is 172 Å². The van der Waals surface area contributed by atoms with Gasteiger partial charge in [0.25, 0.3) is 0 Å². The van der Waals surface area contributed by atoms with Gasteiger partial charge in [-0.05, 0) is 54.0 Å². The van der Waals surface area contributed by atoms with Crippen LogP contribution in [-0.4, -0.2) is 21.0 Å². The molecule has 152 valence electrons. The Morgan fingerprint density at radius 3 is 2.21 bits per heavy atom. The third kappa shape index (κ3) is 4.56. The van der Waals surface area contributed by atoms with Gasteiger partial charge in [0.05, 0.1) is 5.69 Å². The summed E-state index contributed by atoms with van der Waals surface area (Å²) in [7, 11) is 0. The largest absolute Gasteiger partial charge is 0.423 e. The van der Waals surface area contributed by atoms with Gasteiger partial charge in [-0.1, -0.05) is 53.3 Å². The summed E-state index contributed by atoms with van der Waals surface area (Å²) in [5.74, 6) is 0.0224. The first-order chi connectivity index (χ1) is 13.5. The van der Waals surface area contributed by atoms with E-state index in [0.29, 0.717) is 5.75 Å². The molecular formula is C24H29N3O2. The number of ether oxygens (including phenoxy) is 1. The van der Waals surface area contributed by atoms with Gasteiger partial charge >= 0.3 is 5.97 Å². The molecule has 0 aliphatic carbocycles. The number of esters is 1. The van der Waals surface area contributed by atoms with Gasteiger partial charge in [0.2, 0.25) is 0 Å². The molecular weight excluding hydrogens is 362 g/mol. The van der Waals surface area contributed by atoms with Crippen molar-refractivity contribution in [2.24, 2.45) is 5.41 Å². The maximum absolute atomic E-state index is 11.9. The maximum Gasteiger partial charge on any atom is 0.335 e. The standard InChI is InChI=1S/C24H29N3O2/c1-8-22(28)29-21-14-17(24(6,7)15-23(3,4)5)13-20(16(21)2)27-25-18-11-9-10-12-19(18)26-27/h8-14H,1,15H2,2-7H3. The minimum atomic E-state index is -0.483. The summed E-state index contributed by atoms with van der Waals surface area (Å²) in [6.07, 6.45) is 2.14. The summed E-state index contributed by atoms with van der Waals surface area (Å²) in [4.78, 5) is 13.6. The molecule has 5 nitrogen and oxygen atoms in total. The molecule has 0 unspecified atom stereocenters. The quantitative estimate of drug-likeness (QED) is 0.326. The predicted molar refractivity (Wildman–Crippen MR) is 117 cm³/mol. The van der Waals surface area contributed by atoms with Crippen molar-refractivity contribution in [3.8, 4) is 11.4 Å². The zero-order chi connectivity index (χ0) is 21.4. The number of hydrogen-bond donors (Lipinski definition) is 0. The molecule has 3 aromatic rings. The Balaban J connectivity index is 2.19. The van der Waals surface area contributed by atoms with Crippen LogP contribution in [0, 0.1) is 12.3 Å².